The first-order chi connectivity index (χ1) is 11.4. The Hall–Kier alpha value is -2.36. The molecule has 0 saturated heterocycles. The third kappa shape index (κ3) is 3.14. The summed E-state index contributed by atoms with van der Waals surface area (Å²) in [5, 5.41) is 8.17. The molecule has 1 atom stereocenters. The maximum atomic E-state index is 4.94. The molecule has 0 fully saturated rings. The smallest absolute Gasteiger partial charge is 0.165 e. The molecule has 3 aromatic rings. The van der Waals surface area contributed by atoms with E-state index in [2.05, 4.69) is 63.2 Å². The van der Waals surface area contributed by atoms with Gasteiger partial charge in [-0.3, -0.25) is 0 Å². The number of aromatic nitrogens is 3. The van der Waals surface area contributed by atoms with Crippen LogP contribution >= 0.6 is 0 Å². The Morgan fingerprint density at radius 2 is 1.88 bits per heavy atom. The normalized spacial score (nSPS) is 13.2. The van der Waals surface area contributed by atoms with Crippen LogP contribution in [0.15, 0.2) is 42.6 Å². The molecule has 0 aliphatic rings. The zero-order valence-corrected chi connectivity index (χ0v) is 15.2. The Morgan fingerprint density at radius 3 is 2.50 bits per heavy atom. The first-order valence-corrected chi connectivity index (χ1v) is 8.61. The van der Waals surface area contributed by atoms with E-state index in [0.29, 0.717) is 6.04 Å². The fraction of sp³-hybridized carbons (Fsp3) is 0.400. The molecule has 1 aromatic carbocycles. The first kappa shape index (κ1) is 16.5. The molecule has 0 unspecified atom stereocenters. The standard InChI is InChI=1S/C20H26N4/c1-6-14(2)22-18-12-17(20(3,4)5)23-19-16(13-21-24(18)19)15-10-8-7-9-11-15/h7-14,22H,6H2,1-5H3/t14-/m1/s1. The second kappa shape index (κ2) is 6.27. The van der Waals surface area contributed by atoms with E-state index in [1.165, 1.54) is 0 Å². The molecule has 0 bridgehead atoms. The van der Waals surface area contributed by atoms with Gasteiger partial charge in [0, 0.05) is 23.1 Å². The minimum atomic E-state index is -0.0220. The lowest BCUT2D eigenvalue weighted by molar-refractivity contribution is 0.568. The molecule has 0 aliphatic heterocycles. The molecule has 2 heterocycles. The molecule has 4 heteroatoms. The van der Waals surface area contributed by atoms with Crippen molar-refractivity contribution in [1.29, 1.82) is 0 Å². The Balaban J connectivity index is 2.22. The average molecular weight is 322 g/mol. The molecule has 0 spiro atoms. The van der Waals surface area contributed by atoms with Crippen LogP contribution in [-0.4, -0.2) is 20.6 Å². The van der Waals surface area contributed by atoms with Crippen LogP contribution in [0, 0.1) is 0 Å². The van der Waals surface area contributed by atoms with Crippen molar-refractivity contribution in [2.75, 3.05) is 5.32 Å². The van der Waals surface area contributed by atoms with Crippen LogP contribution in [0.1, 0.15) is 46.7 Å². The van der Waals surface area contributed by atoms with Crippen molar-refractivity contribution in [3.63, 3.8) is 0 Å². The maximum absolute atomic E-state index is 4.94. The van der Waals surface area contributed by atoms with Crippen LogP contribution in [0.3, 0.4) is 0 Å². The molecule has 3 rings (SSSR count). The number of nitrogens with one attached hydrogen (secondary N) is 1. The third-order valence-electron chi connectivity index (χ3n) is 4.33. The summed E-state index contributed by atoms with van der Waals surface area (Å²) in [6.07, 6.45) is 2.97. The van der Waals surface area contributed by atoms with Gasteiger partial charge in [0.25, 0.3) is 0 Å². The molecule has 0 amide bonds. The van der Waals surface area contributed by atoms with E-state index in [1.807, 2.05) is 28.9 Å². The van der Waals surface area contributed by atoms with Crippen molar-refractivity contribution in [2.24, 2.45) is 0 Å². The van der Waals surface area contributed by atoms with Gasteiger partial charge in [-0.25, -0.2) is 4.98 Å². The van der Waals surface area contributed by atoms with Gasteiger partial charge in [-0.15, -0.1) is 0 Å². The van der Waals surface area contributed by atoms with Crippen LogP contribution in [0.25, 0.3) is 16.8 Å². The number of hydrogen-bond donors (Lipinski definition) is 1. The third-order valence-corrected chi connectivity index (χ3v) is 4.33. The number of anilines is 1. The van der Waals surface area contributed by atoms with E-state index in [4.69, 9.17) is 4.98 Å². The lowest BCUT2D eigenvalue weighted by Crippen LogP contribution is -2.20. The van der Waals surface area contributed by atoms with Crippen molar-refractivity contribution in [1.82, 2.24) is 14.6 Å². The van der Waals surface area contributed by atoms with E-state index < -0.39 is 0 Å². The van der Waals surface area contributed by atoms with Gasteiger partial charge in [-0.05, 0) is 18.9 Å². The van der Waals surface area contributed by atoms with Crippen molar-refractivity contribution in [3.8, 4) is 11.1 Å². The topological polar surface area (TPSA) is 42.2 Å². The highest BCUT2D eigenvalue weighted by atomic mass is 15.3. The maximum Gasteiger partial charge on any atom is 0.165 e. The average Bonchev–Trinajstić information content (AvgIpc) is 2.99. The van der Waals surface area contributed by atoms with E-state index in [0.717, 1.165) is 34.7 Å². The monoisotopic (exact) mass is 322 g/mol. The van der Waals surface area contributed by atoms with Crippen LogP contribution in [0.4, 0.5) is 5.82 Å². The van der Waals surface area contributed by atoms with Crippen molar-refractivity contribution in [3.05, 3.63) is 48.3 Å². The van der Waals surface area contributed by atoms with Crippen LogP contribution in [-0.2, 0) is 5.41 Å². The Kier molecular flexibility index (Phi) is 4.31. The highest BCUT2D eigenvalue weighted by molar-refractivity contribution is 5.78. The Labute approximate surface area is 143 Å². The van der Waals surface area contributed by atoms with E-state index in [9.17, 15) is 0 Å². The molecular formula is C20H26N4. The fourth-order valence-electron chi connectivity index (χ4n) is 2.63. The summed E-state index contributed by atoms with van der Waals surface area (Å²) in [6.45, 7) is 10.9. The minimum absolute atomic E-state index is 0.0220. The molecule has 126 valence electrons. The fourth-order valence-corrected chi connectivity index (χ4v) is 2.63. The lowest BCUT2D eigenvalue weighted by Gasteiger charge is -2.21. The van der Waals surface area contributed by atoms with Crippen LogP contribution in [0.5, 0.6) is 0 Å². The second-order valence-corrected chi connectivity index (χ2v) is 7.39. The summed E-state index contributed by atoms with van der Waals surface area (Å²) in [7, 11) is 0. The van der Waals surface area contributed by atoms with Crippen molar-refractivity contribution < 1.29 is 0 Å². The zero-order valence-electron chi connectivity index (χ0n) is 15.2. The highest BCUT2D eigenvalue weighted by Gasteiger charge is 2.21. The number of hydrogen-bond acceptors (Lipinski definition) is 3. The molecule has 2 aromatic heterocycles. The SMILES string of the molecule is CC[C@@H](C)Nc1cc(C(C)(C)C)nc2c(-c3ccccc3)cnn12. The van der Waals surface area contributed by atoms with Gasteiger partial charge in [-0.1, -0.05) is 58.0 Å². The predicted octanol–water partition coefficient (Wildman–Crippen LogP) is 4.90. The second-order valence-electron chi connectivity index (χ2n) is 7.39. The quantitative estimate of drug-likeness (QED) is 0.742. The number of rotatable bonds is 4. The molecule has 1 N–H and O–H groups in total. The van der Waals surface area contributed by atoms with Gasteiger partial charge in [-0.2, -0.15) is 9.61 Å². The lowest BCUT2D eigenvalue weighted by atomic mass is 9.92. The minimum Gasteiger partial charge on any atom is -0.367 e. The summed E-state index contributed by atoms with van der Waals surface area (Å²) in [4.78, 5) is 4.94. The summed E-state index contributed by atoms with van der Waals surface area (Å²) in [5.41, 5.74) is 4.15. The Bertz CT molecular complexity index is 828. The largest absolute Gasteiger partial charge is 0.367 e. The van der Waals surface area contributed by atoms with E-state index in [1.54, 1.807) is 0 Å². The van der Waals surface area contributed by atoms with Crippen molar-refractivity contribution >= 4 is 11.5 Å². The number of nitrogens with zero attached hydrogens (tertiary/aromatic N) is 3. The molecule has 0 radical (unpaired) electrons. The molecule has 4 nitrogen and oxygen atoms in total. The Morgan fingerprint density at radius 1 is 1.17 bits per heavy atom. The molecular weight excluding hydrogens is 296 g/mol. The number of fused-ring (bicyclic) bond motifs is 1. The van der Waals surface area contributed by atoms with Crippen LogP contribution < -0.4 is 5.32 Å². The van der Waals surface area contributed by atoms with Gasteiger partial charge < -0.3 is 5.32 Å². The van der Waals surface area contributed by atoms with Gasteiger partial charge in [0.15, 0.2) is 5.65 Å². The summed E-state index contributed by atoms with van der Waals surface area (Å²) < 4.78 is 1.92. The highest BCUT2D eigenvalue weighted by Crippen LogP contribution is 2.29. The zero-order chi connectivity index (χ0) is 17.3. The van der Waals surface area contributed by atoms with E-state index >= 15 is 0 Å². The van der Waals surface area contributed by atoms with Crippen LogP contribution in [0.2, 0.25) is 0 Å². The summed E-state index contributed by atoms with van der Waals surface area (Å²) in [5.74, 6) is 1.00. The van der Waals surface area contributed by atoms with Crippen molar-refractivity contribution in [2.45, 2.75) is 52.5 Å². The molecule has 24 heavy (non-hydrogen) atoms. The predicted molar refractivity (Wildman–Crippen MR) is 100 cm³/mol. The molecule has 0 saturated carbocycles. The first-order valence-electron chi connectivity index (χ1n) is 8.61. The van der Waals surface area contributed by atoms with Gasteiger partial charge >= 0.3 is 0 Å². The summed E-state index contributed by atoms with van der Waals surface area (Å²) >= 11 is 0. The summed E-state index contributed by atoms with van der Waals surface area (Å²) in [6, 6.07) is 12.8. The van der Waals surface area contributed by atoms with E-state index in [-0.39, 0.29) is 5.41 Å². The number of benzene rings is 1. The van der Waals surface area contributed by atoms with Gasteiger partial charge in [0.05, 0.1) is 11.9 Å². The van der Waals surface area contributed by atoms with Gasteiger partial charge in [0.1, 0.15) is 5.82 Å². The molecule has 0 aliphatic carbocycles. The van der Waals surface area contributed by atoms with Gasteiger partial charge in [0.2, 0.25) is 0 Å².